The number of alkyl halides is 3. The third kappa shape index (κ3) is 4.68. The van der Waals surface area contributed by atoms with E-state index in [1.165, 1.54) is 24.5 Å². The summed E-state index contributed by atoms with van der Waals surface area (Å²) >= 11 is 6.11. The van der Waals surface area contributed by atoms with Crippen molar-refractivity contribution >= 4 is 22.5 Å². The molecule has 0 radical (unpaired) electrons. The fourth-order valence-electron chi connectivity index (χ4n) is 4.58. The number of aryl methyl sites for hydroxylation is 1. The maximum absolute atomic E-state index is 13.4. The number of nitrogens with zero attached hydrogens (tertiary/aromatic N) is 1. The number of nitrogens with one attached hydrogen (secondary N) is 1. The summed E-state index contributed by atoms with van der Waals surface area (Å²) in [5.41, 5.74) is 1.89. The van der Waals surface area contributed by atoms with E-state index < -0.39 is 11.7 Å². The summed E-state index contributed by atoms with van der Waals surface area (Å²) in [5.74, 6) is 0.638. The van der Waals surface area contributed by atoms with Crippen molar-refractivity contribution in [1.82, 2.24) is 9.88 Å². The molecule has 0 amide bonds. The van der Waals surface area contributed by atoms with Gasteiger partial charge in [0, 0.05) is 11.6 Å². The van der Waals surface area contributed by atoms with Crippen LogP contribution >= 0.6 is 11.6 Å². The van der Waals surface area contributed by atoms with Gasteiger partial charge in [-0.15, -0.1) is 0 Å². The molecule has 2 nitrogen and oxygen atoms in total. The van der Waals surface area contributed by atoms with Gasteiger partial charge in [-0.3, -0.25) is 0 Å². The molecule has 1 aliphatic heterocycles. The minimum absolute atomic E-state index is 0.221. The molecular formula is C24H26ClF3N2. The molecule has 2 heterocycles. The van der Waals surface area contributed by atoms with E-state index in [1.807, 2.05) is 0 Å². The lowest BCUT2D eigenvalue weighted by Gasteiger charge is -2.32. The molecule has 0 saturated carbocycles. The second kappa shape index (κ2) is 9.03. The molecule has 0 aliphatic carbocycles. The van der Waals surface area contributed by atoms with Gasteiger partial charge in [0.1, 0.15) is 0 Å². The monoisotopic (exact) mass is 434 g/mol. The summed E-state index contributed by atoms with van der Waals surface area (Å²) in [6, 6.07) is 13.1. The van der Waals surface area contributed by atoms with E-state index in [4.69, 9.17) is 11.6 Å². The predicted molar refractivity (Wildman–Crippen MR) is 116 cm³/mol. The Bertz CT molecular complexity index is 973. The highest BCUT2D eigenvalue weighted by molar-refractivity contribution is 6.35. The second-order valence-corrected chi connectivity index (χ2v) is 8.55. The topological polar surface area (TPSA) is 19.0 Å². The Labute approximate surface area is 180 Å². The fraction of sp³-hybridized carbons (Fsp3) is 0.417. The molecule has 0 bridgehead atoms. The van der Waals surface area contributed by atoms with Gasteiger partial charge in [0.05, 0.1) is 16.1 Å². The van der Waals surface area contributed by atoms with E-state index in [0.717, 1.165) is 38.5 Å². The van der Waals surface area contributed by atoms with E-state index in [-0.39, 0.29) is 5.39 Å². The number of hydrogen-bond donors (Lipinski definition) is 1. The molecule has 1 N–H and O–H groups in total. The molecule has 1 aromatic heterocycles. The zero-order valence-electron chi connectivity index (χ0n) is 16.8. The first-order valence-corrected chi connectivity index (χ1v) is 10.9. The lowest BCUT2D eigenvalue weighted by molar-refractivity contribution is -0.136. The quantitative estimate of drug-likeness (QED) is 0.412. The van der Waals surface area contributed by atoms with Crippen molar-refractivity contribution in [1.29, 1.82) is 0 Å². The maximum atomic E-state index is 13.4. The number of aromatic nitrogens is 1. The average molecular weight is 435 g/mol. The first-order chi connectivity index (χ1) is 14.4. The van der Waals surface area contributed by atoms with Crippen molar-refractivity contribution in [2.24, 2.45) is 0 Å². The summed E-state index contributed by atoms with van der Waals surface area (Å²) in [5, 5.41) is 0.546. The van der Waals surface area contributed by atoms with Crippen molar-refractivity contribution in [2.45, 2.75) is 44.2 Å². The van der Waals surface area contributed by atoms with Crippen LogP contribution < -0.4 is 0 Å². The average Bonchev–Trinajstić information content (AvgIpc) is 3.16. The van der Waals surface area contributed by atoms with Crippen molar-refractivity contribution in [3.8, 4) is 0 Å². The highest BCUT2D eigenvalue weighted by Gasteiger charge is 2.34. The number of rotatable bonds is 6. The number of fused-ring (bicyclic) bond motifs is 1. The molecule has 6 heteroatoms. The standard InChI is InChI=1S/C24H26ClF3N2/c25-21-10-9-20(24(26,27)28)22-19(16-29-23(21)22)8-4-5-13-30-14-11-18(12-15-30)17-6-2-1-3-7-17/h1-3,6-7,9-10,16,18,29H,4-5,8,11-15H2. The summed E-state index contributed by atoms with van der Waals surface area (Å²) in [7, 11) is 0. The van der Waals surface area contributed by atoms with Crippen LogP contribution in [0.2, 0.25) is 5.02 Å². The number of benzene rings is 2. The Morgan fingerprint density at radius 1 is 1.00 bits per heavy atom. The molecule has 1 fully saturated rings. The molecule has 0 unspecified atom stereocenters. The molecule has 0 spiro atoms. The second-order valence-electron chi connectivity index (χ2n) is 8.14. The van der Waals surface area contributed by atoms with Crippen molar-refractivity contribution in [3.05, 3.63) is 70.4 Å². The van der Waals surface area contributed by atoms with Gasteiger partial charge < -0.3 is 9.88 Å². The molecular weight excluding hydrogens is 409 g/mol. The smallest absolute Gasteiger partial charge is 0.360 e. The molecule has 1 saturated heterocycles. The van der Waals surface area contributed by atoms with Gasteiger partial charge in [-0.05, 0) is 80.9 Å². The highest BCUT2D eigenvalue weighted by Crippen LogP contribution is 2.39. The van der Waals surface area contributed by atoms with Crippen LogP contribution in [0.25, 0.3) is 10.9 Å². The predicted octanol–water partition coefficient (Wildman–Crippen LogP) is 7.04. The van der Waals surface area contributed by atoms with E-state index in [9.17, 15) is 13.2 Å². The Hall–Kier alpha value is -1.98. The summed E-state index contributed by atoms with van der Waals surface area (Å²) in [6.07, 6.45) is 2.07. The van der Waals surface area contributed by atoms with Gasteiger partial charge in [-0.1, -0.05) is 41.9 Å². The van der Waals surface area contributed by atoms with Crippen LogP contribution in [-0.4, -0.2) is 29.5 Å². The van der Waals surface area contributed by atoms with Crippen LogP contribution in [-0.2, 0) is 12.6 Å². The Morgan fingerprint density at radius 3 is 2.43 bits per heavy atom. The number of hydrogen-bond acceptors (Lipinski definition) is 1. The minimum atomic E-state index is -4.39. The third-order valence-corrected chi connectivity index (χ3v) is 6.52. The molecule has 2 aromatic carbocycles. The van der Waals surface area contributed by atoms with Gasteiger partial charge >= 0.3 is 6.18 Å². The van der Waals surface area contributed by atoms with Crippen molar-refractivity contribution in [3.63, 3.8) is 0 Å². The Balaban J connectivity index is 1.30. The number of piperidine rings is 1. The molecule has 4 rings (SSSR count). The number of likely N-dealkylation sites (tertiary alicyclic amines) is 1. The number of H-pyrrole nitrogens is 1. The summed E-state index contributed by atoms with van der Waals surface area (Å²) in [6.45, 7) is 3.16. The van der Waals surface area contributed by atoms with Crippen LogP contribution in [0.3, 0.4) is 0 Å². The molecule has 30 heavy (non-hydrogen) atoms. The minimum Gasteiger partial charge on any atom is -0.360 e. The van der Waals surface area contributed by atoms with Crippen LogP contribution in [0.4, 0.5) is 13.2 Å². The first-order valence-electron chi connectivity index (χ1n) is 10.6. The van der Waals surface area contributed by atoms with Crippen LogP contribution in [0.1, 0.15) is 48.3 Å². The Kier molecular flexibility index (Phi) is 6.40. The molecule has 3 aromatic rings. The van der Waals surface area contributed by atoms with Crippen LogP contribution in [0.15, 0.2) is 48.7 Å². The maximum Gasteiger partial charge on any atom is 0.417 e. The van der Waals surface area contributed by atoms with Crippen molar-refractivity contribution in [2.75, 3.05) is 19.6 Å². The van der Waals surface area contributed by atoms with E-state index >= 15 is 0 Å². The number of unbranched alkanes of at least 4 members (excludes halogenated alkanes) is 1. The van der Waals surface area contributed by atoms with Crippen LogP contribution in [0.5, 0.6) is 0 Å². The van der Waals surface area contributed by atoms with E-state index in [0.29, 0.717) is 28.4 Å². The lowest BCUT2D eigenvalue weighted by atomic mass is 9.89. The van der Waals surface area contributed by atoms with Gasteiger partial charge in [0.2, 0.25) is 0 Å². The number of halogens is 4. The van der Waals surface area contributed by atoms with Crippen molar-refractivity contribution < 1.29 is 13.2 Å². The van der Waals surface area contributed by atoms with Crippen LogP contribution in [0, 0.1) is 0 Å². The summed E-state index contributed by atoms with van der Waals surface area (Å²) < 4.78 is 40.3. The zero-order valence-corrected chi connectivity index (χ0v) is 17.6. The third-order valence-electron chi connectivity index (χ3n) is 6.20. The van der Waals surface area contributed by atoms with Gasteiger partial charge in [0.15, 0.2) is 0 Å². The normalized spacial score (nSPS) is 16.4. The van der Waals surface area contributed by atoms with E-state index in [1.54, 1.807) is 6.20 Å². The Morgan fingerprint density at radius 2 is 1.73 bits per heavy atom. The summed E-state index contributed by atoms with van der Waals surface area (Å²) in [4.78, 5) is 5.42. The zero-order chi connectivity index (χ0) is 21.1. The van der Waals surface area contributed by atoms with E-state index in [2.05, 4.69) is 40.2 Å². The van der Waals surface area contributed by atoms with Gasteiger partial charge in [0.25, 0.3) is 0 Å². The lowest BCUT2D eigenvalue weighted by Crippen LogP contribution is -2.33. The number of aromatic amines is 1. The van der Waals surface area contributed by atoms with Gasteiger partial charge in [-0.25, -0.2) is 0 Å². The molecule has 160 valence electrons. The molecule has 0 atom stereocenters. The SMILES string of the molecule is FC(F)(F)c1ccc(Cl)c2[nH]cc(CCCCN3CCC(c4ccccc4)CC3)c12. The fourth-order valence-corrected chi connectivity index (χ4v) is 4.79. The largest absolute Gasteiger partial charge is 0.417 e. The first kappa shape index (κ1) is 21.3. The van der Waals surface area contributed by atoms with Gasteiger partial charge in [-0.2, -0.15) is 13.2 Å². The highest BCUT2D eigenvalue weighted by atomic mass is 35.5. The molecule has 1 aliphatic rings.